The van der Waals surface area contributed by atoms with Gasteiger partial charge in [-0.2, -0.15) is 0 Å². The standard InChI is InChI=1S/C18H25N3/c1-2-19-12-15(14-7-4-3-5-8-14)11-16-13-21-18-17(16)9-6-10-20-18/h6,9-11,13-14,19H,2-5,7-8,12H2,1H3,(H,20,21)/b15-11-. The highest BCUT2D eigenvalue weighted by Crippen LogP contribution is 2.31. The van der Waals surface area contributed by atoms with Crippen LogP contribution in [0.5, 0.6) is 0 Å². The molecular formula is C18H25N3. The van der Waals surface area contributed by atoms with Gasteiger partial charge in [-0.1, -0.05) is 37.8 Å². The molecule has 2 N–H and O–H groups in total. The highest BCUT2D eigenvalue weighted by Gasteiger charge is 2.18. The number of hydrogen-bond acceptors (Lipinski definition) is 2. The van der Waals surface area contributed by atoms with E-state index < -0.39 is 0 Å². The number of nitrogens with zero attached hydrogens (tertiary/aromatic N) is 1. The lowest BCUT2D eigenvalue weighted by molar-refractivity contribution is 0.397. The van der Waals surface area contributed by atoms with Crippen LogP contribution in [0.2, 0.25) is 0 Å². The van der Waals surface area contributed by atoms with E-state index in [0.717, 1.165) is 24.7 Å². The quantitative estimate of drug-likeness (QED) is 0.866. The normalized spacial score (nSPS) is 17.5. The summed E-state index contributed by atoms with van der Waals surface area (Å²) in [5.41, 5.74) is 3.81. The zero-order valence-electron chi connectivity index (χ0n) is 12.9. The minimum atomic E-state index is 0.749. The molecule has 112 valence electrons. The summed E-state index contributed by atoms with van der Waals surface area (Å²) in [6.45, 7) is 4.21. The Morgan fingerprint density at radius 2 is 2.24 bits per heavy atom. The fraction of sp³-hybridized carbons (Fsp3) is 0.500. The molecule has 1 aliphatic rings. The zero-order chi connectivity index (χ0) is 14.5. The summed E-state index contributed by atoms with van der Waals surface area (Å²) < 4.78 is 0. The molecular weight excluding hydrogens is 258 g/mol. The summed E-state index contributed by atoms with van der Waals surface area (Å²) in [6.07, 6.45) is 13.2. The molecule has 0 bridgehead atoms. The van der Waals surface area contributed by atoms with Gasteiger partial charge in [0.2, 0.25) is 0 Å². The summed E-state index contributed by atoms with van der Waals surface area (Å²) in [6, 6.07) is 4.16. The number of H-pyrrole nitrogens is 1. The van der Waals surface area contributed by atoms with E-state index in [0.29, 0.717) is 0 Å². The van der Waals surface area contributed by atoms with Crippen LogP contribution in [-0.4, -0.2) is 23.1 Å². The lowest BCUT2D eigenvalue weighted by atomic mass is 9.83. The number of aromatic amines is 1. The van der Waals surface area contributed by atoms with Crippen molar-refractivity contribution < 1.29 is 0 Å². The Balaban J connectivity index is 1.90. The smallest absolute Gasteiger partial charge is 0.137 e. The molecule has 0 saturated heterocycles. The first kappa shape index (κ1) is 14.3. The van der Waals surface area contributed by atoms with Crippen LogP contribution in [0.25, 0.3) is 17.1 Å². The lowest BCUT2D eigenvalue weighted by Gasteiger charge is -2.25. The Morgan fingerprint density at radius 3 is 3.05 bits per heavy atom. The average Bonchev–Trinajstić information content (AvgIpc) is 2.95. The van der Waals surface area contributed by atoms with E-state index in [1.807, 2.05) is 12.3 Å². The highest BCUT2D eigenvalue weighted by molar-refractivity contribution is 5.86. The van der Waals surface area contributed by atoms with Gasteiger partial charge in [-0.25, -0.2) is 4.98 Å². The third-order valence-corrected chi connectivity index (χ3v) is 4.53. The maximum absolute atomic E-state index is 4.38. The van der Waals surface area contributed by atoms with Crippen LogP contribution in [0.1, 0.15) is 44.6 Å². The third-order valence-electron chi connectivity index (χ3n) is 4.53. The van der Waals surface area contributed by atoms with Crippen molar-refractivity contribution in [3.05, 3.63) is 35.7 Å². The molecule has 3 heteroatoms. The number of fused-ring (bicyclic) bond motifs is 1. The third kappa shape index (κ3) is 3.35. The van der Waals surface area contributed by atoms with Crippen LogP contribution in [0, 0.1) is 5.92 Å². The molecule has 0 spiro atoms. The van der Waals surface area contributed by atoms with Crippen molar-refractivity contribution in [2.75, 3.05) is 13.1 Å². The van der Waals surface area contributed by atoms with E-state index >= 15 is 0 Å². The van der Waals surface area contributed by atoms with Crippen LogP contribution in [0.3, 0.4) is 0 Å². The van der Waals surface area contributed by atoms with Crippen molar-refractivity contribution in [3.63, 3.8) is 0 Å². The highest BCUT2D eigenvalue weighted by atomic mass is 14.8. The van der Waals surface area contributed by atoms with Crippen LogP contribution in [0.15, 0.2) is 30.1 Å². The van der Waals surface area contributed by atoms with E-state index in [1.54, 1.807) is 5.57 Å². The SMILES string of the molecule is CCNC/C(=C/c1c[nH]c2ncccc12)C1CCCCC1. The first-order valence-corrected chi connectivity index (χ1v) is 8.21. The van der Waals surface area contributed by atoms with E-state index in [4.69, 9.17) is 0 Å². The van der Waals surface area contributed by atoms with E-state index in [1.165, 1.54) is 43.1 Å². The van der Waals surface area contributed by atoms with Crippen LogP contribution < -0.4 is 5.32 Å². The monoisotopic (exact) mass is 283 g/mol. The Labute approximate surface area is 126 Å². The lowest BCUT2D eigenvalue weighted by Crippen LogP contribution is -2.22. The summed E-state index contributed by atoms with van der Waals surface area (Å²) in [5, 5.41) is 4.74. The summed E-state index contributed by atoms with van der Waals surface area (Å²) in [5.74, 6) is 0.749. The van der Waals surface area contributed by atoms with Gasteiger partial charge >= 0.3 is 0 Å². The number of aromatic nitrogens is 2. The molecule has 3 nitrogen and oxygen atoms in total. The van der Waals surface area contributed by atoms with Gasteiger partial charge in [0, 0.05) is 29.9 Å². The fourth-order valence-corrected chi connectivity index (χ4v) is 3.35. The molecule has 1 fully saturated rings. The van der Waals surface area contributed by atoms with Gasteiger partial charge in [-0.15, -0.1) is 0 Å². The molecule has 0 aliphatic heterocycles. The second-order valence-electron chi connectivity index (χ2n) is 5.98. The van der Waals surface area contributed by atoms with Crippen LogP contribution in [-0.2, 0) is 0 Å². The Bertz CT molecular complexity index is 606. The molecule has 2 aromatic heterocycles. The predicted octanol–water partition coefficient (Wildman–Crippen LogP) is 4.14. The van der Waals surface area contributed by atoms with Gasteiger partial charge in [0.1, 0.15) is 5.65 Å². The van der Waals surface area contributed by atoms with E-state index in [9.17, 15) is 0 Å². The van der Waals surface area contributed by atoms with E-state index in [-0.39, 0.29) is 0 Å². The summed E-state index contributed by atoms with van der Waals surface area (Å²) >= 11 is 0. The summed E-state index contributed by atoms with van der Waals surface area (Å²) in [4.78, 5) is 7.66. The topological polar surface area (TPSA) is 40.7 Å². The minimum absolute atomic E-state index is 0.749. The minimum Gasteiger partial charge on any atom is -0.346 e. The molecule has 2 aromatic rings. The van der Waals surface area contributed by atoms with Crippen molar-refractivity contribution in [2.24, 2.45) is 5.92 Å². The Hall–Kier alpha value is -1.61. The maximum atomic E-state index is 4.38. The van der Waals surface area contributed by atoms with Gasteiger partial charge in [0.25, 0.3) is 0 Å². The van der Waals surface area contributed by atoms with Crippen molar-refractivity contribution >= 4 is 17.1 Å². The Morgan fingerprint density at radius 1 is 1.38 bits per heavy atom. The second kappa shape index (κ2) is 6.90. The van der Waals surface area contributed by atoms with Crippen molar-refractivity contribution in [3.8, 4) is 0 Å². The van der Waals surface area contributed by atoms with Crippen molar-refractivity contribution in [1.82, 2.24) is 15.3 Å². The number of nitrogens with one attached hydrogen (secondary N) is 2. The average molecular weight is 283 g/mol. The van der Waals surface area contributed by atoms with E-state index in [2.05, 4.69) is 40.5 Å². The maximum Gasteiger partial charge on any atom is 0.137 e. The fourth-order valence-electron chi connectivity index (χ4n) is 3.35. The number of rotatable bonds is 5. The molecule has 1 aliphatic carbocycles. The predicted molar refractivity (Wildman–Crippen MR) is 89.2 cm³/mol. The zero-order valence-corrected chi connectivity index (χ0v) is 12.9. The van der Waals surface area contributed by atoms with Crippen LogP contribution in [0.4, 0.5) is 0 Å². The first-order chi connectivity index (χ1) is 10.4. The van der Waals surface area contributed by atoms with Gasteiger partial charge in [-0.3, -0.25) is 0 Å². The van der Waals surface area contributed by atoms with Gasteiger partial charge < -0.3 is 10.3 Å². The molecule has 0 aromatic carbocycles. The van der Waals surface area contributed by atoms with Gasteiger partial charge in [-0.05, 0) is 37.4 Å². The molecule has 0 amide bonds. The largest absolute Gasteiger partial charge is 0.346 e. The number of likely N-dealkylation sites (N-methyl/N-ethyl adjacent to an activating group) is 1. The molecule has 2 heterocycles. The van der Waals surface area contributed by atoms with Gasteiger partial charge in [0.15, 0.2) is 0 Å². The Kier molecular flexibility index (Phi) is 4.71. The van der Waals surface area contributed by atoms with Crippen LogP contribution >= 0.6 is 0 Å². The molecule has 1 saturated carbocycles. The number of hydrogen-bond donors (Lipinski definition) is 2. The van der Waals surface area contributed by atoms with Crippen molar-refractivity contribution in [1.29, 1.82) is 0 Å². The first-order valence-electron chi connectivity index (χ1n) is 8.21. The molecule has 0 radical (unpaired) electrons. The number of pyridine rings is 1. The summed E-state index contributed by atoms with van der Waals surface area (Å²) in [7, 11) is 0. The van der Waals surface area contributed by atoms with Crippen molar-refractivity contribution in [2.45, 2.75) is 39.0 Å². The second-order valence-corrected chi connectivity index (χ2v) is 5.98. The molecule has 0 atom stereocenters. The molecule has 3 rings (SSSR count). The van der Waals surface area contributed by atoms with Gasteiger partial charge in [0.05, 0.1) is 0 Å². The molecule has 0 unspecified atom stereocenters. The molecule has 21 heavy (non-hydrogen) atoms.